The number of nitrogens with zero attached hydrogens (tertiary/aromatic N) is 1. The fourth-order valence-corrected chi connectivity index (χ4v) is 3.94. The Balaban J connectivity index is 1.57. The van der Waals surface area contributed by atoms with E-state index in [1.54, 1.807) is 0 Å². The van der Waals surface area contributed by atoms with Crippen molar-refractivity contribution in [3.05, 3.63) is 58.9 Å². The molecule has 29 heavy (non-hydrogen) atoms. The molecule has 1 aromatic rings. The van der Waals surface area contributed by atoms with Gasteiger partial charge in [-0.1, -0.05) is 58.0 Å². The van der Waals surface area contributed by atoms with Gasteiger partial charge in [0.2, 0.25) is 5.91 Å². The maximum absolute atomic E-state index is 12.5. The number of carbonyl (C=O) groups excluding carboxylic acids is 1. The summed E-state index contributed by atoms with van der Waals surface area (Å²) in [6.07, 6.45) is 4.96. The fourth-order valence-electron chi connectivity index (χ4n) is 3.94. The zero-order valence-corrected chi connectivity index (χ0v) is 18.2. The van der Waals surface area contributed by atoms with Crippen molar-refractivity contribution in [2.24, 2.45) is 5.92 Å². The minimum absolute atomic E-state index is 0.0187. The van der Waals surface area contributed by atoms with Crippen LogP contribution in [0.4, 0.5) is 0 Å². The number of nitrogens with one attached hydrogen (secondary N) is 1. The predicted molar refractivity (Wildman–Crippen MR) is 115 cm³/mol. The molecule has 1 aliphatic carbocycles. The minimum Gasteiger partial charge on any atom is -0.394 e. The molecule has 1 fully saturated rings. The third kappa shape index (κ3) is 5.28. The number of aliphatic hydroxyl groups excluding tert-OH is 1. The second kappa shape index (κ2) is 8.72. The number of hydrogen-bond donors (Lipinski definition) is 2. The van der Waals surface area contributed by atoms with Crippen molar-refractivity contribution in [3.8, 4) is 0 Å². The Morgan fingerprint density at radius 2 is 1.97 bits per heavy atom. The lowest BCUT2D eigenvalue weighted by molar-refractivity contribution is -0.120. The molecule has 1 heterocycles. The summed E-state index contributed by atoms with van der Waals surface area (Å²) in [4.78, 5) is 14.6. The molecule has 0 radical (unpaired) electrons. The lowest BCUT2D eigenvalue weighted by Crippen LogP contribution is -2.48. The van der Waals surface area contributed by atoms with Gasteiger partial charge in [0.05, 0.1) is 12.7 Å². The van der Waals surface area contributed by atoms with Gasteiger partial charge in [0.1, 0.15) is 6.10 Å². The first kappa shape index (κ1) is 21.6. The average molecular weight is 399 g/mol. The summed E-state index contributed by atoms with van der Waals surface area (Å²) >= 11 is 0. The third-order valence-electron chi connectivity index (χ3n) is 5.72. The summed E-state index contributed by atoms with van der Waals surface area (Å²) in [5.41, 5.74) is 4.49. The topological polar surface area (TPSA) is 61.8 Å². The van der Waals surface area contributed by atoms with E-state index in [9.17, 15) is 9.90 Å². The van der Waals surface area contributed by atoms with E-state index in [0.717, 1.165) is 17.8 Å². The van der Waals surface area contributed by atoms with Gasteiger partial charge >= 0.3 is 0 Å². The largest absolute Gasteiger partial charge is 0.394 e. The van der Waals surface area contributed by atoms with Crippen molar-refractivity contribution >= 4 is 5.91 Å². The molecule has 2 N–H and O–H groups in total. The standard InChI is InChI=1S/C24H34N2O3/c1-16-12-19(13-21-23(16)29-20(15-27)14-26(21)5)25-22(28)11-8-17-6-9-18(10-7-17)24(2,3)4/h6-7,9-10,12-13,16,20,23,27H,8,11,14-15H2,1-5H3,(H,25,28)/t16-,20?,23?/m0/s1. The van der Waals surface area contributed by atoms with E-state index in [2.05, 4.69) is 62.2 Å². The van der Waals surface area contributed by atoms with Gasteiger partial charge in [-0.25, -0.2) is 0 Å². The van der Waals surface area contributed by atoms with Gasteiger partial charge < -0.3 is 20.1 Å². The highest BCUT2D eigenvalue weighted by Gasteiger charge is 2.35. The number of likely N-dealkylation sites (N-methyl/N-ethyl adjacent to an activating group) is 1. The number of carbonyl (C=O) groups is 1. The van der Waals surface area contributed by atoms with E-state index in [-0.39, 0.29) is 36.1 Å². The fraction of sp³-hybridized carbons (Fsp3) is 0.542. The van der Waals surface area contributed by atoms with Crippen molar-refractivity contribution in [1.29, 1.82) is 0 Å². The van der Waals surface area contributed by atoms with E-state index in [0.29, 0.717) is 13.0 Å². The zero-order valence-electron chi connectivity index (χ0n) is 18.2. The number of amides is 1. The molecular formula is C24H34N2O3. The lowest BCUT2D eigenvalue weighted by Gasteiger charge is -2.42. The van der Waals surface area contributed by atoms with Crippen molar-refractivity contribution in [1.82, 2.24) is 10.2 Å². The molecular weight excluding hydrogens is 364 g/mol. The lowest BCUT2D eigenvalue weighted by atomic mass is 9.86. The molecule has 0 bridgehead atoms. The zero-order chi connectivity index (χ0) is 21.2. The average Bonchev–Trinajstić information content (AvgIpc) is 2.66. The smallest absolute Gasteiger partial charge is 0.224 e. The number of morpholine rings is 1. The molecule has 3 atom stereocenters. The molecule has 3 rings (SSSR count). The molecule has 5 nitrogen and oxygen atoms in total. The van der Waals surface area contributed by atoms with Gasteiger partial charge in [0.25, 0.3) is 0 Å². The second-order valence-corrected chi connectivity index (χ2v) is 9.29. The van der Waals surface area contributed by atoms with Crippen LogP contribution in [0.5, 0.6) is 0 Å². The molecule has 1 saturated heterocycles. The third-order valence-corrected chi connectivity index (χ3v) is 5.72. The first-order chi connectivity index (χ1) is 13.7. The number of fused-ring (bicyclic) bond motifs is 1. The van der Waals surface area contributed by atoms with Crippen molar-refractivity contribution in [3.63, 3.8) is 0 Å². The molecule has 2 unspecified atom stereocenters. The highest BCUT2D eigenvalue weighted by molar-refractivity contribution is 5.78. The molecule has 0 spiro atoms. The molecule has 0 saturated carbocycles. The first-order valence-corrected chi connectivity index (χ1v) is 10.5. The molecule has 5 heteroatoms. The first-order valence-electron chi connectivity index (χ1n) is 10.5. The summed E-state index contributed by atoms with van der Waals surface area (Å²) in [5, 5.41) is 12.5. The van der Waals surface area contributed by atoms with Crippen LogP contribution in [0, 0.1) is 5.92 Å². The summed E-state index contributed by atoms with van der Waals surface area (Å²) in [6.45, 7) is 9.35. The van der Waals surface area contributed by atoms with E-state index >= 15 is 0 Å². The number of benzene rings is 1. The number of ether oxygens (including phenoxy) is 1. The van der Waals surface area contributed by atoms with Gasteiger partial charge in [-0.05, 0) is 29.0 Å². The Bertz CT molecular complexity index is 789. The maximum Gasteiger partial charge on any atom is 0.224 e. The van der Waals surface area contributed by atoms with Crippen LogP contribution in [-0.4, -0.2) is 48.3 Å². The SMILES string of the molecule is C[C@H]1C=C(NC(=O)CCc2ccc(C(C)(C)C)cc2)C=C2C1OC(CO)CN2C. The normalized spacial score (nSPS) is 24.5. The van der Waals surface area contributed by atoms with Crippen LogP contribution in [0.15, 0.2) is 47.8 Å². The van der Waals surface area contributed by atoms with Crippen molar-refractivity contribution < 1.29 is 14.6 Å². The molecule has 0 aromatic heterocycles. The highest BCUT2D eigenvalue weighted by atomic mass is 16.5. The number of aryl methyl sites for hydroxylation is 1. The Morgan fingerprint density at radius 3 is 2.59 bits per heavy atom. The minimum atomic E-state index is -0.168. The summed E-state index contributed by atoms with van der Waals surface area (Å²) in [6, 6.07) is 8.55. The van der Waals surface area contributed by atoms with Crippen LogP contribution < -0.4 is 5.32 Å². The molecule has 158 valence electrons. The quantitative estimate of drug-likeness (QED) is 0.800. The van der Waals surface area contributed by atoms with E-state index in [1.807, 2.05) is 19.2 Å². The van der Waals surface area contributed by atoms with Crippen molar-refractivity contribution in [2.75, 3.05) is 20.2 Å². The highest BCUT2D eigenvalue weighted by Crippen LogP contribution is 2.31. The molecule has 2 aliphatic rings. The number of hydrogen-bond acceptors (Lipinski definition) is 4. The predicted octanol–water partition coefficient (Wildman–Crippen LogP) is 3.14. The van der Waals surface area contributed by atoms with Crippen LogP contribution in [0.1, 0.15) is 45.2 Å². The van der Waals surface area contributed by atoms with Crippen LogP contribution in [0.25, 0.3) is 0 Å². The molecule has 1 aliphatic heterocycles. The van der Waals surface area contributed by atoms with Crippen LogP contribution in [0.2, 0.25) is 0 Å². The van der Waals surface area contributed by atoms with Gasteiger partial charge in [0, 0.05) is 37.3 Å². The number of rotatable bonds is 5. The summed E-state index contributed by atoms with van der Waals surface area (Å²) < 4.78 is 6.00. The Labute approximate surface area is 174 Å². The Morgan fingerprint density at radius 1 is 1.28 bits per heavy atom. The van der Waals surface area contributed by atoms with E-state index in [1.165, 1.54) is 11.1 Å². The van der Waals surface area contributed by atoms with Crippen molar-refractivity contribution in [2.45, 2.75) is 58.2 Å². The monoisotopic (exact) mass is 398 g/mol. The number of aliphatic hydroxyl groups is 1. The second-order valence-electron chi connectivity index (χ2n) is 9.29. The van der Waals surface area contributed by atoms with Gasteiger partial charge in [-0.3, -0.25) is 4.79 Å². The molecule has 1 aromatic carbocycles. The summed E-state index contributed by atoms with van der Waals surface area (Å²) in [5.74, 6) is 0.151. The Kier molecular flexibility index (Phi) is 6.49. The van der Waals surface area contributed by atoms with Gasteiger partial charge in [-0.2, -0.15) is 0 Å². The van der Waals surface area contributed by atoms with Crippen LogP contribution >= 0.6 is 0 Å². The summed E-state index contributed by atoms with van der Waals surface area (Å²) in [7, 11) is 2.00. The van der Waals surface area contributed by atoms with Gasteiger partial charge in [-0.15, -0.1) is 0 Å². The van der Waals surface area contributed by atoms with E-state index in [4.69, 9.17) is 4.74 Å². The number of allylic oxidation sites excluding steroid dienone is 1. The van der Waals surface area contributed by atoms with Crippen LogP contribution in [-0.2, 0) is 21.4 Å². The Hall–Kier alpha value is -2.11. The molecule has 1 amide bonds. The van der Waals surface area contributed by atoms with Gasteiger partial charge in [0.15, 0.2) is 0 Å². The maximum atomic E-state index is 12.5. The van der Waals surface area contributed by atoms with Crippen LogP contribution in [0.3, 0.4) is 0 Å². The van der Waals surface area contributed by atoms with E-state index < -0.39 is 0 Å².